The predicted octanol–water partition coefficient (Wildman–Crippen LogP) is 1.11. The van der Waals surface area contributed by atoms with E-state index in [1.54, 1.807) is 0 Å². The average Bonchev–Trinajstić information content (AvgIpc) is 2.43. The normalized spacial score (nSPS) is 10.5. The molecule has 5 N–H and O–H groups in total. The number of amides is 1. The lowest BCUT2D eigenvalue weighted by molar-refractivity contribution is 0.100. The summed E-state index contributed by atoms with van der Waals surface area (Å²) in [6, 6.07) is 1.41. The number of nitrogens with two attached hydrogens (primary N) is 2. The van der Waals surface area contributed by atoms with E-state index in [0.717, 1.165) is 11.3 Å². The van der Waals surface area contributed by atoms with Crippen molar-refractivity contribution in [3.8, 4) is 0 Å². The fraction of sp³-hybridized carbons (Fsp3) is 0.286. The van der Waals surface area contributed by atoms with E-state index in [2.05, 4.69) is 5.32 Å². The van der Waals surface area contributed by atoms with E-state index in [1.807, 2.05) is 0 Å². The van der Waals surface area contributed by atoms with Crippen molar-refractivity contribution < 1.29 is 13.6 Å². The fourth-order valence-electron chi connectivity index (χ4n) is 0.863. The Labute approximate surface area is 82.9 Å². The number of hydrogen-bond donors (Lipinski definition) is 3. The van der Waals surface area contributed by atoms with Gasteiger partial charge in [-0.25, -0.2) is 8.78 Å². The smallest absolute Gasteiger partial charge is 0.260 e. The number of carbonyl (C=O) groups excluding carboxylic acids is 1. The van der Waals surface area contributed by atoms with E-state index in [9.17, 15) is 13.6 Å². The van der Waals surface area contributed by atoms with Gasteiger partial charge in [0.25, 0.3) is 12.3 Å². The first-order valence-electron chi connectivity index (χ1n) is 3.72. The number of rotatable bonds is 4. The maximum absolute atomic E-state index is 11.8. The van der Waals surface area contributed by atoms with E-state index >= 15 is 0 Å². The van der Waals surface area contributed by atoms with Gasteiger partial charge in [-0.3, -0.25) is 4.79 Å². The summed E-state index contributed by atoms with van der Waals surface area (Å²) >= 11 is 0.966. The molecule has 78 valence electrons. The van der Waals surface area contributed by atoms with Gasteiger partial charge >= 0.3 is 0 Å². The molecule has 7 heteroatoms. The van der Waals surface area contributed by atoms with E-state index in [1.165, 1.54) is 6.07 Å². The van der Waals surface area contributed by atoms with Crippen LogP contribution in [-0.4, -0.2) is 18.9 Å². The monoisotopic (exact) mass is 221 g/mol. The third-order valence-electron chi connectivity index (χ3n) is 1.42. The Morgan fingerprint density at radius 3 is 2.71 bits per heavy atom. The Morgan fingerprint density at radius 1 is 1.64 bits per heavy atom. The highest BCUT2D eigenvalue weighted by Gasteiger charge is 2.11. The number of primary amides is 1. The quantitative estimate of drug-likeness (QED) is 0.712. The first kappa shape index (κ1) is 10.7. The molecule has 0 bridgehead atoms. The van der Waals surface area contributed by atoms with Crippen LogP contribution in [0.5, 0.6) is 0 Å². The van der Waals surface area contributed by atoms with Gasteiger partial charge in [0.15, 0.2) is 0 Å². The first-order chi connectivity index (χ1) is 6.50. The van der Waals surface area contributed by atoms with Crippen molar-refractivity contribution in [2.75, 3.05) is 17.6 Å². The lowest BCUT2D eigenvalue weighted by Gasteiger charge is -2.00. The van der Waals surface area contributed by atoms with Crippen LogP contribution in [0.2, 0.25) is 0 Å². The SMILES string of the molecule is NC(=O)c1sc(NCC(F)F)cc1N. The molecule has 0 saturated carbocycles. The minimum Gasteiger partial charge on any atom is -0.397 e. The summed E-state index contributed by atoms with van der Waals surface area (Å²) in [7, 11) is 0. The molecule has 0 aliphatic rings. The molecule has 0 aliphatic heterocycles. The minimum absolute atomic E-state index is 0.182. The molecule has 14 heavy (non-hydrogen) atoms. The zero-order chi connectivity index (χ0) is 10.7. The van der Waals surface area contributed by atoms with Crippen LogP contribution in [0.15, 0.2) is 6.07 Å². The van der Waals surface area contributed by atoms with Crippen molar-refractivity contribution >= 4 is 27.9 Å². The average molecular weight is 221 g/mol. The van der Waals surface area contributed by atoms with Crippen molar-refractivity contribution in [2.24, 2.45) is 5.73 Å². The minimum atomic E-state index is -2.45. The second-order valence-corrected chi connectivity index (χ2v) is 3.58. The molecule has 0 spiro atoms. The Morgan fingerprint density at radius 2 is 2.29 bits per heavy atom. The van der Waals surface area contributed by atoms with Crippen LogP contribution in [-0.2, 0) is 0 Å². The van der Waals surface area contributed by atoms with Crippen molar-refractivity contribution in [1.82, 2.24) is 0 Å². The highest BCUT2D eigenvalue weighted by molar-refractivity contribution is 7.18. The summed E-state index contributed by atoms with van der Waals surface area (Å²) in [6.45, 7) is -0.474. The van der Waals surface area contributed by atoms with E-state index < -0.39 is 18.9 Å². The van der Waals surface area contributed by atoms with E-state index in [0.29, 0.717) is 5.00 Å². The predicted molar refractivity (Wildman–Crippen MR) is 51.7 cm³/mol. The lowest BCUT2D eigenvalue weighted by atomic mass is 10.4. The number of halogens is 2. The Hall–Kier alpha value is -1.37. The molecule has 0 atom stereocenters. The molecule has 1 aromatic heterocycles. The molecular weight excluding hydrogens is 212 g/mol. The van der Waals surface area contributed by atoms with Gasteiger partial charge in [0, 0.05) is 0 Å². The number of alkyl halides is 2. The molecule has 0 aliphatic carbocycles. The second kappa shape index (κ2) is 4.23. The maximum Gasteiger partial charge on any atom is 0.260 e. The lowest BCUT2D eigenvalue weighted by Crippen LogP contribution is -2.10. The van der Waals surface area contributed by atoms with Crippen molar-refractivity contribution in [1.29, 1.82) is 0 Å². The van der Waals surface area contributed by atoms with Crippen LogP contribution in [0.4, 0.5) is 19.5 Å². The molecule has 1 heterocycles. The summed E-state index contributed by atoms with van der Waals surface area (Å²) in [5.41, 5.74) is 10.6. The van der Waals surface area contributed by atoms with Gasteiger partial charge in [-0.2, -0.15) is 0 Å². The fourth-order valence-corrected chi connectivity index (χ4v) is 1.70. The number of thiophene rings is 1. The molecule has 1 amide bonds. The van der Waals surface area contributed by atoms with Gasteiger partial charge in [-0.1, -0.05) is 0 Å². The van der Waals surface area contributed by atoms with Crippen LogP contribution in [0.3, 0.4) is 0 Å². The molecule has 4 nitrogen and oxygen atoms in total. The molecule has 1 aromatic rings. The standard InChI is InChI=1S/C7H9F2N3OS/c8-4(9)2-12-5-1-3(10)6(14-5)7(11)13/h1,4,12H,2,10H2,(H2,11,13). The van der Waals surface area contributed by atoms with Gasteiger partial charge in [0.2, 0.25) is 0 Å². The van der Waals surface area contributed by atoms with Crippen molar-refractivity contribution in [2.45, 2.75) is 6.43 Å². The summed E-state index contributed by atoms with van der Waals surface area (Å²) in [4.78, 5) is 10.9. The Bertz CT molecular complexity index is 340. The van der Waals surface area contributed by atoms with Crippen molar-refractivity contribution in [3.05, 3.63) is 10.9 Å². The zero-order valence-electron chi connectivity index (χ0n) is 7.09. The number of hydrogen-bond acceptors (Lipinski definition) is 4. The Kier molecular flexibility index (Phi) is 3.23. The van der Waals surface area contributed by atoms with Gasteiger partial charge < -0.3 is 16.8 Å². The first-order valence-corrected chi connectivity index (χ1v) is 4.53. The van der Waals surface area contributed by atoms with Crippen LogP contribution in [0, 0.1) is 0 Å². The van der Waals surface area contributed by atoms with E-state index in [-0.39, 0.29) is 10.6 Å². The van der Waals surface area contributed by atoms with Crippen LogP contribution in [0.1, 0.15) is 9.67 Å². The zero-order valence-corrected chi connectivity index (χ0v) is 7.91. The highest BCUT2D eigenvalue weighted by Crippen LogP contribution is 2.28. The summed E-state index contributed by atoms with van der Waals surface area (Å²) in [5, 5.41) is 2.85. The number of nitrogens with one attached hydrogen (secondary N) is 1. The second-order valence-electron chi connectivity index (χ2n) is 2.53. The molecule has 0 saturated heterocycles. The van der Waals surface area contributed by atoms with Gasteiger partial charge in [0.05, 0.1) is 17.2 Å². The Balaban J connectivity index is 2.71. The largest absolute Gasteiger partial charge is 0.397 e. The summed E-state index contributed by atoms with van der Waals surface area (Å²) < 4.78 is 23.6. The molecule has 0 aromatic carbocycles. The molecule has 1 rings (SSSR count). The van der Waals surface area contributed by atoms with Gasteiger partial charge in [0.1, 0.15) is 4.88 Å². The third kappa shape index (κ3) is 2.56. The maximum atomic E-state index is 11.8. The van der Waals surface area contributed by atoms with E-state index in [4.69, 9.17) is 11.5 Å². The number of carbonyl (C=O) groups is 1. The van der Waals surface area contributed by atoms with Gasteiger partial charge in [-0.15, -0.1) is 11.3 Å². The molecule has 0 unspecified atom stereocenters. The van der Waals surface area contributed by atoms with Crippen LogP contribution >= 0.6 is 11.3 Å². The summed E-state index contributed by atoms with van der Waals surface area (Å²) in [5.74, 6) is -0.655. The highest BCUT2D eigenvalue weighted by atomic mass is 32.1. The number of nitrogen functional groups attached to an aromatic ring is 1. The van der Waals surface area contributed by atoms with Crippen molar-refractivity contribution in [3.63, 3.8) is 0 Å². The molecule has 0 fully saturated rings. The topological polar surface area (TPSA) is 81.1 Å². The molecule has 0 radical (unpaired) electrons. The summed E-state index contributed by atoms with van der Waals surface area (Å²) in [6.07, 6.45) is -2.45. The van der Waals surface area contributed by atoms with Gasteiger partial charge in [-0.05, 0) is 6.07 Å². The number of anilines is 2. The van der Waals surface area contributed by atoms with Crippen LogP contribution in [0.25, 0.3) is 0 Å². The third-order valence-corrected chi connectivity index (χ3v) is 2.54. The van der Waals surface area contributed by atoms with Crippen LogP contribution < -0.4 is 16.8 Å². The molecular formula is C7H9F2N3OS.